The molecule has 0 saturated heterocycles. The molecule has 0 aliphatic heterocycles. The zero-order valence-corrected chi connectivity index (χ0v) is 23.8. The highest BCUT2D eigenvalue weighted by Gasteiger charge is 2.28. The number of carbonyl (C=O) groups excluding carboxylic acids is 1. The minimum atomic E-state index is -0.557. The van der Waals surface area contributed by atoms with Gasteiger partial charge in [0, 0.05) is 11.8 Å². The van der Waals surface area contributed by atoms with Crippen LogP contribution in [0.3, 0.4) is 0 Å². The number of nitrogens with zero attached hydrogens (tertiary/aromatic N) is 5. The van der Waals surface area contributed by atoms with Gasteiger partial charge in [0.1, 0.15) is 17.2 Å². The maximum absolute atomic E-state index is 12.6. The van der Waals surface area contributed by atoms with Crippen LogP contribution in [0.15, 0.2) is 83.9 Å². The summed E-state index contributed by atoms with van der Waals surface area (Å²) < 4.78 is 5.56. The highest BCUT2D eigenvalue weighted by Crippen LogP contribution is 2.31. The number of carbonyl (C=O) groups is 1. The first-order valence-electron chi connectivity index (χ1n) is 13.3. The van der Waals surface area contributed by atoms with E-state index in [0.29, 0.717) is 5.82 Å². The summed E-state index contributed by atoms with van der Waals surface area (Å²) in [4.78, 5) is 18.9. The van der Waals surface area contributed by atoms with E-state index in [9.17, 15) is 4.79 Å². The predicted molar refractivity (Wildman–Crippen MR) is 156 cm³/mol. The third-order valence-corrected chi connectivity index (χ3v) is 6.45. The number of tetrazole rings is 1. The molecule has 0 aliphatic rings. The monoisotopic (exact) mass is 523 g/mol. The van der Waals surface area contributed by atoms with Crippen molar-refractivity contribution in [3.05, 3.63) is 90.0 Å². The Morgan fingerprint density at radius 1 is 0.872 bits per heavy atom. The number of hydrogen-bond donors (Lipinski definition) is 0. The van der Waals surface area contributed by atoms with E-state index in [1.165, 1.54) is 0 Å². The molecule has 4 aromatic rings. The second kappa shape index (κ2) is 11.3. The lowest BCUT2D eigenvalue weighted by molar-refractivity contribution is -0.157. The highest BCUT2D eigenvalue weighted by molar-refractivity contribution is 5.86. The Hall–Kier alpha value is -4.13. The van der Waals surface area contributed by atoms with Crippen molar-refractivity contribution in [1.82, 2.24) is 20.2 Å². The minimum Gasteiger partial charge on any atom is -0.458 e. The zero-order valence-electron chi connectivity index (χ0n) is 23.8. The molecule has 0 spiro atoms. The van der Waals surface area contributed by atoms with Crippen LogP contribution >= 0.6 is 0 Å². The Bertz CT molecular complexity index is 1430. The van der Waals surface area contributed by atoms with Crippen molar-refractivity contribution in [1.29, 1.82) is 0 Å². The van der Waals surface area contributed by atoms with Gasteiger partial charge in [-0.15, -0.1) is 10.2 Å². The summed E-state index contributed by atoms with van der Waals surface area (Å²) in [5.41, 5.74) is 3.94. The molecule has 0 radical (unpaired) electrons. The van der Waals surface area contributed by atoms with Crippen LogP contribution in [-0.2, 0) is 15.1 Å². The van der Waals surface area contributed by atoms with Gasteiger partial charge in [-0.25, -0.2) is 4.79 Å². The van der Waals surface area contributed by atoms with Gasteiger partial charge in [-0.2, -0.15) is 4.80 Å². The van der Waals surface area contributed by atoms with Crippen LogP contribution in [0.4, 0.5) is 0 Å². The first kappa shape index (κ1) is 27.9. The second-order valence-electron chi connectivity index (χ2n) is 11.5. The summed E-state index contributed by atoms with van der Waals surface area (Å²) >= 11 is 0. The Morgan fingerprint density at radius 3 is 2.10 bits per heavy atom. The van der Waals surface area contributed by atoms with Crippen LogP contribution in [0.1, 0.15) is 59.6 Å². The number of hydrogen-bond acceptors (Lipinski definition) is 6. The van der Waals surface area contributed by atoms with Crippen LogP contribution in [0, 0.1) is 5.92 Å². The van der Waals surface area contributed by atoms with E-state index in [2.05, 4.69) is 47.4 Å². The fourth-order valence-electron chi connectivity index (χ4n) is 4.23. The average molecular weight is 524 g/mol. The molecular formula is C32H37N5O2. The molecule has 0 saturated carbocycles. The summed E-state index contributed by atoms with van der Waals surface area (Å²) in [5, 5.41) is 13.6. The molecule has 7 heteroatoms. The van der Waals surface area contributed by atoms with Crippen LogP contribution in [-0.4, -0.2) is 44.0 Å². The predicted octanol–water partition coefficient (Wildman–Crippen LogP) is 6.58. The van der Waals surface area contributed by atoms with Crippen molar-refractivity contribution in [2.24, 2.45) is 10.9 Å². The smallest absolute Gasteiger partial charge is 0.331 e. The molecule has 1 heterocycles. The molecule has 39 heavy (non-hydrogen) atoms. The second-order valence-corrected chi connectivity index (χ2v) is 11.5. The largest absolute Gasteiger partial charge is 0.458 e. The molecule has 7 nitrogen and oxygen atoms in total. The Kier molecular flexibility index (Phi) is 8.09. The standard InChI is InChI=1S/C32H37N5O2/c1-22(2)28(30(38)39-31(3,4)5)33-21-23-17-19-24(20-18-23)26-15-11-12-16-27(26)29-34-36-37(35-29)32(6,7)25-13-9-8-10-14-25/h8-22,28H,1-7H3/b33-21+/t28-/m0/s1. The van der Waals surface area contributed by atoms with Gasteiger partial charge < -0.3 is 4.74 Å². The number of aliphatic imine (C=N–C) groups is 1. The third-order valence-electron chi connectivity index (χ3n) is 6.45. The molecule has 4 rings (SSSR count). The number of benzene rings is 3. The molecule has 0 fully saturated rings. The molecule has 1 aromatic heterocycles. The zero-order chi connectivity index (χ0) is 28.2. The summed E-state index contributed by atoms with van der Waals surface area (Å²) in [7, 11) is 0. The van der Waals surface area contributed by atoms with E-state index >= 15 is 0 Å². The van der Waals surface area contributed by atoms with Gasteiger partial charge in [-0.05, 0) is 68.0 Å². The van der Waals surface area contributed by atoms with Gasteiger partial charge in [-0.3, -0.25) is 4.99 Å². The lowest BCUT2D eigenvalue weighted by atomic mass is 9.95. The van der Waals surface area contributed by atoms with Crippen LogP contribution < -0.4 is 0 Å². The first-order valence-corrected chi connectivity index (χ1v) is 13.3. The fourth-order valence-corrected chi connectivity index (χ4v) is 4.23. The van der Waals surface area contributed by atoms with Gasteiger partial charge in [-0.1, -0.05) is 92.7 Å². The fraction of sp³-hybridized carbons (Fsp3) is 0.344. The first-order chi connectivity index (χ1) is 18.5. The average Bonchev–Trinajstić information content (AvgIpc) is 3.40. The van der Waals surface area contributed by atoms with Crippen molar-refractivity contribution < 1.29 is 9.53 Å². The maximum Gasteiger partial charge on any atom is 0.331 e. The van der Waals surface area contributed by atoms with E-state index < -0.39 is 17.2 Å². The van der Waals surface area contributed by atoms with Crippen LogP contribution in [0.2, 0.25) is 0 Å². The van der Waals surface area contributed by atoms with Crippen molar-refractivity contribution in [2.45, 2.75) is 65.6 Å². The van der Waals surface area contributed by atoms with E-state index in [0.717, 1.165) is 27.8 Å². The lowest BCUT2D eigenvalue weighted by Gasteiger charge is -2.23. The number of esters is 1. The van der Waals surface area contributed by atoms with E-state index in [-0.39, 0.29) is 11.9 Å². The van der Waals surface area contributed by atoms with E-state index in [1.807, 2.05) is 95.3 Å². The lowest BCUT2D eigenvalue weighted by Crippen LogP contribution is -2.33. The quantitative estimate of drug-likeness (QED) is 0.193. The summed E-state index contributed by atoms with van der Waals surface area (Å²) in [6.45, 7) is 13.7. The molecule has 202 valence electrons. The van der Waals surface area contributed by atoms with Crippen LogP contribution in [0.25, 0.3) is 22.5 Å². The molecule has 3 aromatic carbocycles. The maximum atomic E-state index is 12.6. The number of ether oxygens (including phenoxy) is 1. The SMILES string of the molecule is CC(C)[C@H](/N=C/c1ccc(-c2ccccc2-c2nnn(C(C)(C)c3ccccc3)n2)cc1)C(=O)OC(C)(C)C. The summed E-state index contributed by atoms with van der Waals surface area (Å²) in [6, 6.07) is 25.7. The summed E-state index contributed by atoms with van der Waals surface area (Å²) in [6.07, 6.45) is 1.74. The minimum absolute atomic E-state index is 0.0232. The number of rotatable bonds is 8. The van der Waals surface area contributed by atoms with Crippen molar-refractivity contribution in [3.63, 3.8) is 0 Å². The summed E-state index contributed by atoms with van der Waals surface area (Å²) in [5.74, 6) is 0.280. The van der Waals surface area contributed by atoms with Gasteiger partial charge >= 0.3 is 5.97 Å². The van der Waals surface area contributed by atoms with E-state index in [4.69, 9.17) is 9.84 Å². The highest BCUT2D eigenvalue weighted by atomic mass is 16.6. The van der Waals surface area contributed by atoms with Crippen molar-refractivity contribution >= 4 is 12.2 Å². The topological polar surface area (TPSA) is 82.3 Å². The normalized spacial score (nSPS) is 13.1. The third kappa shape index (κ3) is 6.66. The molecule has 0 amide bonds. The molecule has 0 bridgehead atoms. The van der Waals surface area contributed by atoms with Crippen molar-refractivity contribution in [2.75, 3.05) is 0 Å². The molecule has 0 N–H and O–H groups in total. The Morgan fingerprint density at radius 2 is 1.49 bits per heavy atom. The van der Waals surface area contributed by atoms with Gasteiger partial charge in [0.25, 0.3) is 0 Å². The van der Waals surface area contributed by atoms with Gasteiger partial charge in [0.2, 0.25) is 5.82 Å². The molecule has 0 aliphatic carbocycles. The van der Waals surface area contributed by atoms with Crippen molar-refractivity contribution in [3.8, 4) is 22.5 Å². The van der Waals surface area contributed by atoms with Gasteiger partial charge in [0.05, 0.1) is 0 Å². The van der Waals surface area contributed by atoms with Crippen LogP contribution in [0.5, 0.6) is 0 Å². The Labute approximate surface area is 231 Å². The van der Waals surface area contributed by atoms with E-state index in [1.54, 1.807) is 11.0 Å². The molecule has 1 atom stereocenters. The molecular weight excluding hydrogens is 486 g/mol. The Balaban J connectivity index is 1.57. The number of aromatic nitrogens is 4. The van der Waals surface area contributed by atoms with Gasteiger partial charge in [0.15, 0.2) is 0 Å². The molecule has 0 unspecified atom stereocenters.